The van der Waals surface area contributed by atoms with Gasteiger partial charge in [0.05, 0.1) is 12.2 Å². The molecule has 9 heteroatoms. The van der Waals surface area contributed by atoms with E-state index in [2.05, 4.69) is 21.9 Å². The van der Waals surface area contributed by atoms with E-state index >= 15 is 0 Å². The summed E-state index contributed by atoms with van der Waals surface area (Å²) in [5.74, 6) is 1.01. The van der Waals surface area contributed by atoms with Gasteiger partial charge in [-0.3, -0.25) is 0 Å². The van der Waals surface area contributed by atoms with Crippen molar-refractivity contribution < 1.29 is 19.0 Å². The predicted octanol–water partition coefficient (Wildman–Crippen LogP) is 4.79. The Balaban J connectivity index is 1.65. The van der Waals surface area contributed by atoms with Crippen LogP contribution >= 0.6 is 0 Å². The normalized spacial score (nSPS) is 18.0. The van der Waals surface area contributed by atoms with E-state index in [0.717, 1.165) is 19.3 Å². The van der Waals surface area contributed by atoms with Crippen LogP contribution in [-0.2, 0) is 4.74 Å². The SMILES string of the molecule is CCC1CCC(CCOc2ncnc(Oc3cccnc3C#N)c2C)N1C(=O)OC(C)(C)C. The molecule has 9 nitrogen and oxygen atoms in total. The lowest BCUT2D eigenvalue weighted by Crippen LogP contribution is -2.44. The van der Waals surface area contributed by atoms with Gasteiger partial charge >= 0.3 is 6.09 Å². The van der Waals surface area contributed by atoms with E-state index in [1.54, 1.807) is 19.1 Å². The first kappa shape index (κ1) is 24.2. The molecule has 0 radical (unpaired) electrons. The fourth-order valence-corrected chi connectivity index (χ4v) is 3.88. The van der Waals surface area contributed by atoms with Crippen LogP contribution in [0.25, 0.3) is 0 Å². The highest BCUT2D eigenvalue weighted by Crippen LogP contribution is 2.31. The molecule has 0 aliphatic carbocycles. The van der Waals surface area contributed by atoms with E-state index < -0.39 is 5.60 Å². The van der Waals surface area contributed by atoms with Crippen LogP contribution in [0.3, 0.4) is 0 Å². The van der Waals surface area contributed by atoms with Gasteiger partial charge < -0.3 is 19.1 Å². The lowest BCUT2D eigenvalue weighted by Gasteiger charge is -2.32. The molecule has 1 aliphatic heterocycles. The summed E-state index contributed by atoms with van der Waals surface area (Å²) in [5.41, 5.74) is 0.256. The van der Waals surface area contributed by atoms with Crippen LogP contribution in [0.4, 0.5) is 4.79 Å². The predicted molar refractivity (Wildman–Crippen MR) is 121 cm³/mol. The zero-order valence-corrected chi connectivity index (χ0v) is 19.9. The van der Waals surface area contributed by atoms with Crippen molar-refractivity contribution in [2.75, 3.05) is 6.61 Å². The van der Waals surface area contributed by atoms with Crippen LogP contribution in [0.2, 0.25) is 0 Å². The van der Waals surface area contributed by atoms with Crippen LogP contribution < -0.4 is 9.47 Å². The van der Waals surface area contributed by atoms with Gasteiger partial charge in [0.2, 0.25) is 11.8 Å². The van der Waals surface area contributed by atoms with Gasteiger partial charge in [0.15, 0.2) is 11.4 Å². The molecule has 176 valence electrons. The third kappa shape index (κ3) is 6.09. The molecule has 2 aromatic rings. The molecule has 1 amide bonds. The number of aromatic nitrogens is 3. The smallest absolute Gasteiger partial charge is 0.410 e. The molecule has 33 heavy (non-hydrogen) atoms. The van der Waals surface area contributed by atoms with E-state index in [-0.39, 0.29) is 23.9 Å². The van der Waals surface area contributed by atoms with E-state index in [0.29, 0.717) is 36.1 Å². The number of pyridine rings is 1. The topological polar surface area (TPSA) is 110 Å². The van der Waals surface area contributed by atoms with Crippen LogP contribution in [0, 0.1) is 18.3 Å². The Morgan fingerprint density at radius 2 is 1.94 bits per heavy atom. The highest BCUT2D eigenvalue weighted by atomic mass is 16.6. The molecular formula is C24H31N5O4. The maximum atomic E-state index is 12.8. The van der Waals surface area contributed by atoms with Gasteiger partial charge in [-0.2, -0.15) is 5.26 Å². The van der Waals surface area contributed by atoms with Crippen LogP contribution in [0.15, 0.2) is 24.7 Å². The lowest BCUT2D eigenvalue weighted by molar-refractivity contribution is 0.0125. The highest BCUT2D eigenvalue weighted by Gasteiger charge is 2.38. The Bertz CT molecular complexity index is 1010. The number of likely N-dealkylation sites (tertiary alicyclic amines) is 1. The molecule has 1 saturated heterocycles. The second-order valence-corrected chi connectivity index (χ2v) is 8.99. The maximum absolute atomic E-state index is 12.8. The molecule has 0 aromatic carbocycles. The van der Waals surface area contributed by atoms with Crippen molar-refractivity contribution in [2.24, 2.45) is 0 Å². The van der Waals surface area contributed by atoms with Crippen molar-refractivity contribution in [3.63, 3.8) is 0 Å². The summed E-state index contributed by atoms with van der Waals surface area (Å²) in [5, 5.41) is 9.21. The number of rotatable bonds is 7. The van der Waals surface area contributed by atoms with Crippen molar-refractivity contribution in [2.45, 2.75) is 78.0 Å². The number of hydrogen-bond acceptors (Lipinski definition) is 8. The molecular weight excluding hydrogens is 422 g/mol. The van der Waals surface area contributed by atoms with Gasteiger partial charge in [-0.1, -0.05) is 6.92 Å². The standard InChI is InChI=1S/C24H31N5O4/c1-6-17-9-10-18(29(17)23(30)33-24(3,4)5)11-13-31-21-16(2)22(28-15-27-21)32-20-8-7-12-26-19(20)14-25/h7-8,12,15,17-18H,6,9-11,13H2,1-5H3. The molecule has 2 unspecified atom stereocenters. The summed E-state index contributed by atoms with van der Waals surface area (Å²) in [6, 6.07) is 5.57. The van der Waals surface area contributed by atoms with Crippen molar-refractivity contribution >= 4 is 6.09 Å². The van der Waals surface area contributed by atoms with Crippen LogP contribution in [-0.4, -0.2) is 50.2 Å². The Hall–Kier alpha value is -3.41. The van der Waals surface area contributed by atoms with Crippen molar-refractivity contribution in [1.29, 1.82) is 5.26 Å². The second-order valence-electron chi connectivity index (χ2n) is 8.99. The van der Waals surface area contributed by atoms with E-state index in [1.165, 1.54) is 12.5 Å². The van der Waals surface area contributed by atoms with Crippen LogP contribution in [0.5, 0.6) is 17.5 Å². The second kappa shape index (κ2) is 10.5. The summed E-state index contributed by atoms with van der Waals surface area (Å²) in [7, 11) is 0. The number of amides is 1. The molecule has 2 atom stereocenters. The van der Waals surface area contributed by atoms with Crippen molar-refractivity contribution in [3.8, 4) is 23.6 Å². The maximum Gasteiger partial charge on any atom is 0.410 e. The third-order valence-electron chi connectivity index (χ3n) is 5.46. The number of carbonyl (C=O) groups is 1. The molecule has 0 saturated carbocycles. The van der Waals surface area contributed by atoms with Crippen molar-refractivity contribution in [1.82, 2.24) is 19.9 Å². The molecule has 3 heterocycles. The first-order valence-corrected chi connectivity index (χ1v) is 11.2. The molecule has 2 aromatic heterocycles. The summed E-state index contributed by atoms with van der Waals surface area (Å²) >= 11 is 0. The largest absolute Gasteiger partial charge is 0.477 e. The van der Waals surface area contributed by atoms with Gasteiger partial charge in [0, 0.05) is 24.7 Å². The molecule has 1 aliphatic rings. The summed E-state index contributed by atoms with van der Waals surface area (Å²) < 4.78 is 17.4. The minimum absolute atomic E-state index is 0.0521. The summed E-state index contributed by atoms with van der Waals surface area (Å²) in [4.78, 5) is 27.1. The average Bonchev–Trinajstić information content (AvgIpc) is 3.18. The van der Waals surface area contributed by atoms with E-state index in [9.17, 15) is 10.1 Å². The van der Waals surface area contributed by atoms with E-state index in [1.807, 2.05) is 31.7 Å². The Morgan fingerprint density at radius 1 is 1.21 bits per heavy atom. The number of nitriles is 1. The zero-order valence-electron chi connectivity index (χ0n) is 19.9. The highest BCUT2D eigenvalue weighted by molar-refractivity contribution is 5.69. The number of ether oxygens (including phenoxy) is 3. The van der Waals surface area contributed by atoms with Gasteiger partial charge in [0.1, 0.15) is 18.0 Å². The summed E-state index contributed by atoms with van der Waals surface area (Å²) in [6.45, 7) is 9.90. The first-order valence-electron chi connectivity index (χ1n) is 11.2. The first-order chi connectivity index (χ1) is 15.7. The monoisotopic (exact) mass is 453 g/mol. The lowest BCUT2D eigenvalue weighted by atomic mass is 10.1. The Labute approximate surface area is 194 Å². The summed E-state index contributed by atoms with van der Waals surface area (Å²) in [6.07, 6.45) is 6.04. The molecule has 1 fully saturated rings. The van der Waals surface area contributed by atoms with Gasteiger partial charge in [0.25, 0.3) is 0 Å². The third-order valence-corrected chi connectivity index (χ3v) is 5.46. The minimum atomic E-state index is -0.535. The quantitative estimate of drug-likeness (QED) is 0.588. The Kier molecular flexibility index (Phi) is 7.69. The molecule has 3 rings (SSSR count). The molecule has 0 bridgehead atoms. The molecule has 0 N–H and O–H groups in total. The fourth-order valence-electron chi connectivity index (χ4n) is 3.88. The number of nitrogens with zero attached hydrogens (tertiary/aromatic N) is 5. The fraction of sp³-hybridized carbons (Fsp3) is 0.542. The zero-order chi connectivity index (χ0) is 24.0. The van der Waals surface area contributed by atoms with Gasteiger partial charge in [-0.15, -0.1) is 0 Å². The van der Waals surface area contributed by atoms with Crippen molar-refractivity contribution in [3.05, 3.63) is 35.9 Å². The Morgan fingerprint density at radius 3 is 2.64 bits per heavy atom. The van der Waals surface area contributed by atoms with Gasteiger partial charge in [-0.05, 0) is 59.1 Å². The minimum Gasteiger partial charge on any atom is -0.477 e. The average molecular weight is 454 g/mol. The number of carbonyl (C=O) groups excluding carboxylic acids is 1. The van der Waals surface area contributed by atoms with Crippen LogP contribution in [0.1, 0.15) is 64.6 Å². The van der Waals surface area contributed by atoms with Gasteiger partial charge in [-0.25, -0.2) is 19.7 Å². The molecule has 0 spiro atoms. The number of hydrogen-bond donors (Lipinski definition) is 0. The van der Waals surface area contributed by atoms with E-state index in [4.69, 9.17) is 14.2 Å².